The highest BCUT2D eigenvalue weighted by Gasteiger charge is 2.17. The highest BCUT2D eigenvalue weighted by Crippen LogP contribution is 2.12. The van der Waals surface area contributed by atoms with Gasteiger partial charge in [0.05, 0.1) is 0 Å². The number of nitrogens with one attached hydrogen (secondary N) is 1. The van der Waals surface area contributed by atoms with Crippen molar-refractivity contribution in [1.29, 1.82) is 0 Å². The predicted molar refractivity (Wildman–Crippen MR) is 49.1 cm³/mol. The van der Waals surface area contributed by atoms with Crippen LogP contribution in [-0.2, 0) is 0 Å². The van der Waals surface area contributed by atoms with Crippen LogP contribution in [0.15, 0.2) is 18.2 Å². The third kappa shape index (κ3) is 2.42. The van der Waals surface area contributed by atoms with Gasteiger partial charge in [-0.15, -0.1) is 0 Å². The molecule has 0 aliphatic rings. The third-order valence-corrected chi connectivity index (χ3v) is 1.63. The van der Waals surface area contributed by atoms with E-state index >= 15 is 0 Å². The summed E-state index contributed by atoms with van der Waals surface area (Å²) in [6.45, 7) is 1.48. The van der Waals surface area contributed by atoms with Crippen LogP contribution in [0.2, 0.25) is 0 Å². The molecule has 0 heterocycles. The molecule has 2 nitrogen and oxygen atoms in total. The highest BCUT2D eigenvalue weighted by atomic mass is 35.5. The summed E-state index contributed by atoms with van der Waals surface area (Å²) in [6, 6.07) is 3.21. The van der Waals surface area contributed by atoms with Gasteiger partial charge in [0, 0.05) is 0 Å². The second kappa shape index (κ2) is 4.37. The molecule has 0 aromatic heterocycles. The van der Waals surface area contributed by atoms with E-state index in [1.165, 1.54) is 13.0 Å². The Labute approximate surface area is 84.9 Å². The largest absolute Gasteiger partial charge is 0.336 e. The van der Waals surface area contributed by atoms with Crippen molar-refractivity contribution in [3.8, 4) is 0 Å². The number of carbonyl (C=O) groups excluding carboxylic acids is 1. The van der Waals surface area contributed by atoms with Crippen LogP contribution in [-0.4, -0.2) is 11.4 Å². The number of hydrogen-bond acceptors (Lipinski definition) is 1. The van der Waals surface area contributed by atoms with Gasteiger partial charge in [0.2, 0.25) is 0 Å². The smallest absolute Gasteiger partial charge is 0.258 e. The van der Waals surface area contributed by atoms with Crippen molar-refractivity contribution in [3.63, 3.8) is 0 Å². The van der Waals surface area contributed by atoms with Crippen LogP contribution in [0.4, 0.5) is 8.78 Å². The third-order valence-electron chi connectivity index (χ3n) is 1.52. The van der Waals surface area contributed by atoms with Gasteiger partial charge in [-0.05, 0) is 19.1 Å². The van der Waals surface area contributed by atoms with Gasteiger partial charge in [-0.2, -0.15) is 0 Å². The summed E-state index contributed by atoms with van der Waals surface area (Å²) >= 11 is 5.45. The van der Waals surface area contributed by atoms with Crippen molar-refractivity contribution < 1.29 is 13.6 Å². The maximum atomic E-state index is 13.0. The summed E-state index contributed by atoms with van der Waals surface area (Å²) in [6.07, 6.45) is 0. The van der Waals surface area contributed by atoms with Crippen molar-refractivity contribution in [2.24, 2.45) is 0 Å². The van der Waals surface area contributed by atoms with E-state index in [9.17, 15) is 13.6 Å². The molecule has 0 spiro atoms. The lowest BCUT2D eigenvalue weighted by molar-refractivity contribution is 0.0942. The predicted octanol–water partition coefficient (Wildman–Crippen LogP) is 2.28. The molecule has 0 aliphatic carbocycles. The number of halogens is 3. The summed E-state index contributed by atoms with van der Waals surface area (Å²) in [5.74, 6) is -2.66. The fourth-order valence-electron chi connectivity index (χ4n) is 0.968. The number of carbonyl (C=O) groups is 1. The summed E-state index contributed by atoms with van der Waals surface area (Å²) in [5, 5.41) is 2.19. The SMILES string of the molecule is CC(Cl)NC(=O)c1c(F)cccc1F. The van der Waals surface area contributed by atoms with E-state index < -0.39 is 28.6 Å². The average Bonchev–Trinajstić information content (AvgIpc) is 2.01. The van der Waals surface area contributed by atoms with E-state index in [4.69, 9.17) is 11.6 Å². The zero-order chi connectivity index (χ0) is 10.7. The monoisotopic (exact) mass is 219 g/mol. The van der Waals surface area contributed by atoms with Gasteiger partial charge >= 0.3 is 0 Å². The van der Waals surface area contributed by atoms with Crippen LogP contribution in [0.5, 0.6) is 0 Å². The van der Waals surface area contributed by atoms with Gasteiger partial charge in [0.1, 0.15) is 22.7 Å². The number of benzene rings is 1. The molecule has 1 atom stereocenters. The van der Waals surface area contributed by atoms with Crippen molar-refractivity contribution in [2.45, 2.75) is 12.4 Å². The van der Waals surface area contributed by atoms with E-state index in [0.717, 1.165) is 12.1 Å². The Hall–Kier alpha value is -1.16. The second-order valence-electron chi connectivity index (χ2n) is 2.69. The van der Waals surface area contributed by atoms with Crippen LogP contribution in [0.3, 0.4) is 0 Å². The lowest BCUT2D eigenvalue weighted by atomic mass is 10.2. The molecule has 0 fully saturated rings. The normalized spacial score (nSPS) is 12.3. The fraction of sp³-hybridized carbons (Fsp3) is 0.222. The summed E-state index contributed by atoms with van der Waals surface area (Å²) in [5.41, 5.74) is -1.29. The van der Waals surface area contributed by atoms with E-state index in [1.807, 2.05) is 0 Å². The molecule has 5 heteroatoms. The molecule has 1 aromatic rings. The molecule has 1 rings (SSSR count). The van der Waals surface area contributed by atoms with Crippen molar-refractivity contribution in [3.05, 3.63) is 35.4 Å². The number of amides is 1. The average molecular weight is 220 g/mol. The van der Waals surface area contributed by atoms with Gasteiger partial charge in [-0.1, -0.05) is 17.7 Å². The standard InChI is InChI=1S/C9H8ClF2NO/c1-5(10)13-9(14)8-6(11)3-2-4-7(8)12/h2-5H,1H3,(H,13,14). The molecule has 1 amide bonds. The molecule has 76 valence electrons. The minimum Gasteiger partial charge on any atom is -0.336 e. The summed E-state index contributed by atoms with van der Waals surface area (Å²) in [7, 11) is 0. The topological polar surface area (TPSA) is 29.1 Å². The zero-order valence-corrected chi connectivity index (χ0v) is 8.11. The molecular formula is C9H8ClF2NO. The Balaban J connectivity index is 3.00. The number of alkyl halides is 1. The molecule has 0 aliphatic heterocycles. The molecule has 1 aromatic carbocycles. The maximum absolute atomic E-state index is 13.0. The minimum atomic E-state index is -0.903. The molecule has 14 heavy (non-hydrogen) atoms. The van der Waals surface area contributed by atoms with Crippen LogP contribution < -0.4 is 5.32 Å². The maximum Gasteiger partial charge on any atom is 0.258 e. The number of hydrogen-bond donors (Lipinski definition) is 1. The van der Waals surface area contributed by atoms with E-state index in [2.05, 4.69) is 5.32 Å². The lowest BCUT2D eigenvalue weighted by Crippen LogP contribution is -2.30. The fourth-order valence-corrected chi connectivity index (χ4v) is 1.07. The highest BCUT2D eigenvalue weighted by molar-refractivity contribution is 6.21. The first kappa shape index (κ1) is 10.9. The lowest BCUT2D eigenvalue weighted by Gasteiger charge is -2.07. The molecule has 0 saturated carbocycles. The molecule has 0 saturated heterocycles. The zero-order valence-electron chi connectivity index (χ0n) is 7.35. The Morgan fingerprint density at radius 3 is 2.36 bits per heavy atom. The van der Waals surface area contributed by atoms with E-state index in [1.54, 1.807) is 0 Å². The van der Waals surface area contributed by atoms with Gasteiger partial charge in [-0.25, -0.2) is 8.78 Å². The van der Waals surface area contributed by atoms with E-state index in [0.29, 0.717) is 0 Å². The van der Waals surface area contributed by atoms with E-state index in [-0.39, 0.29) is 0 Å². The van der Waals surface area contributed by atoms with Gasteiger partial charge < -0.3 is 5.32 Å². The Kier molecular flexibility index (Phi) is 3.41. The first-order chi connectivity index (χ1) is 6.52. The molecular weight excluding hydrogens is 212 g/mol. The Bertz CT molecular complexity index is 334. The Morgan fingerprint density at radius 2 is 1.93 bits per heavy atom. The van der Waals surface area contributed by atoms with Crippen LogP contribution >= 0.6 is 11.6 Å². The Morgan fingerprint density at radius 1 is 1.43 bits per heavy atom. The van der Waals surface area contributed by atoms with Crippen molar-refractivity contribution in [2.75, 3.05) is 0 Å². The quantitative estimate of drug-likeness (QED) is 0.600. The van der Waals surface area contributed by atoms with Crippen LogP contribution in [0.25, 0.3) is 0 Å². The molecule has 0 radical (unpaired) electrons. The first-order valence-corrected chi connectivity index (χ1v) is 4.35. The number of rotatable bonds is 2. The minimum absolute atomic E-state index is 0.611. The van der Waals surface area contributed by atoms with Crippen LogP contribution in [0, 0.1) is 11.6 Å². The van der Waals surface area contributed by atoms with Gasteiger partial charge in [0.15, 0.2) is 0 Å². The second-order valence-corrected chi connectivity index (χ2v) is 3.34. The van der Waals surface area contributed by atoms with Gasteiger partial charge in [0.25, 0.3) is 5.91 Å². The summed E-state index contributed by atoms with van der Waals surface area (Å²) in [4.78, 5) is 11.2. The first-order valence-electron chi connectivity index (χ1n) is 3.91. The molecule has 0 bridgehead atoms. The van der Waals surface area contributed by atoms with Crippen LogP contribution in [0.1, 0.15) is 17.3 Å². The molecule has 1 N–H and O–H groups in total. The van der Waals surface area contributed by atoms with Crippen molar-refractivity contribution >= 4 is 17.5 Å². The summed E-state index contributed by atoms with van der Waals surface area (Å²) < 4.78 is 26.0. The van der Waals surface area contributed by atoms with Crippen molar-refractivity contribution in [1.82, 2.24) is 5.32 Å². The molecule has 1 unspecified atom stereocenters. The van der Waals surface area contributed by atoms with Gasteiger partial charge in [-0.3, -0.25) is 4.79 Å².